The van der Waals surface area contributed by atoms with Gasteiger partial charge in [0.15, 0.2) is 0 Å². The molecule has 0 aliphatic heterocycles. The number of ether oxygens (including phenoxy) is 2. The van der Waals surface area contributed by atoms with E-state index in [-0.39, 0.29) is 11.6 Å². The molecule has 16 heavy (non-hydrogen) atoms. The summed E-state index contributed by atoms with van der Waals surface area (Å²) in [5.74, 6) is 0. The second-order valence-electron chi connectivity index (χ2n) is 4.46. The highest BCUT2D eigenvalue weighted by Gasteiger charge is 2.39. The van der Waals surface area contributed by atoms with Gasteiger partial charge >= 0.3 is 0 Å². The lowest BCUT2D eigenvalue weighted by molar-refractivity contribution is 0.0275. The molecule has 0 bridgehead atoms. The molecule has 0 heterocycles. The van der Waals surface area contributed by atoms with Crippen molar-refractivity contribution in [3.8, 4) is 0 Å². The Bertz CT molecular complexity index is 343. The molecule has 1 atom stereocenters. The van der Waals surface area contributed by atoms with Gasteiger partial charge in [0.05, 0.1) is 6.61 Å². The molecule has 0 radical (unpaired) electrons. The largest absolute Gasteiger partial charge is 0.382 e. The number of benzene rings is 1. The molecule has 0 spiro atoms. The van der Waals surface area contributed by atoms with Gasteiger partial charge in [-0.1, -0.05) is 24.3 Å². The third-order valence-corrected chi connectivity index (χ3v) is 3.25. The molecule has 88 valence electrons. The zero-order valence-electron chi connectivity index (χ0n) is 9.90. The fraction of sp³-hybridized carbons (Fsp3) is 0.538. The molecular formula is C13H19NO2. The van der Waals surface area contributed by atoms with Crippen molar-refractivity contribution >= 4 is 0 Å². The molecule has 0 saturated heterocycles. The van der Waals surface area contributed by atoms with Crippen molar-refractivity contribution in [3.63, 3.8) is 0 Å². The number of methoxy groups -OCH3 is 2. The van der Waals surface area contributed by atoms with Gasteiger partial charge < -0.3 is 15.2 Å². The zero-order valence-corrected chi connectivity index (χ0v) is 9.90. The van der Waals surface area contributed by atoms with E-state index in [9.17, 15) is 0 Å². The lowest BCUT2D eigenvalue weighted by atomic mass is 10.0. The van der Waals surface area contributed by atoms with Gasteiger partial charge in [-0.25, -0.2) is 0 Å². The van der Waals surface area contributed by atoms with Crippen molar-refractivity contribution in [2.75, 3.05) is 20.8 Å². The summed E-state index contributed by atoms with van der Waals surface area (Å²) in [6, 6.07) is 8.36. The van der Waals surface area contributed by atoms with Gasteiger partial charge in [0, 0.05) is 19.8 Å². The monoisotopic (exact) mass is 221 g/mol. The summed E-state index contributed by atoms with van der Waals surface area (Å²) in [7, 11) is 3.38. The van der Waals surface area contributed by atoms with E-state index in [4.69, 9.17) is 15.2 Å². The van der Waals surface area contributed by atoms with Crippen LogP contribution >= 0.6 is 0 Å². The molecule has 1 aromatic rings. The van der Waals surface area contributed by atoms with Crippen molar-refractivity contribution in [1.82, 2.24) is 0 Å². The summed E-state index contributed by atoms with van der Waals surface area (Å²) in [5.41, 5.74) is 8.44. The molecule has 1 aliphatic rings. The summed E-state index contributed by atoms with van der Waals surface area (Å²) < 4.78 is 10.5. The lowest BCUT2D eigenvalue weighted by Crippen LogP contribution is -2.18. The molecule has 2 rings (SSSR count). The van der Waals surface area contributed by atoms with E-state index in [2.05, 4.69) is 24.3 Å². The molecule has 3 nitrogen and oxygen atoms in total. The van der Waals surface area contributed by atoms with Crippen LogP contribution in [0.4, 0.5) is 0 Å². The van der Waals surface area contributed by atoms with Crippen molar-refractivity contribution in [2.24, 2.45) is 5.73 Å². The zero-order chi connectivity index (χ0) is 11.6. The Hall–Kier alpha value is -0.900. The van der Waals surface area contributed by atoms with Gasteiger partial charge in [0.1, 0.15) is 6.10 Å². The Balaban J connectivity index is 2.11. The quantitative estimate of drug-likeness (QED) is 0.826. The highest BCUT2D eigenvalue weighted by atomic mass is 16.5. The van der Waals surface area contributed by atoms with Crippen LogP contribution in [0.15, 0.2) is 24.3 Å². The minimum absolute atomic E-state index is 0.00646. The van der Waals surface area contributed by atoms with E-state index in [0.29, 0.717) is 6.61 Å². The topological polar surface area (TPSA) is 44.5 Å². The van der Waals surface area contributed by atoms with Gasteiger partial charge in [-0.3, -0.25) is 0 Å². The van der Waals surface area contributed by atoms with Crippen LogP contribution in [-0.4, -0.2) is 20.8 Å². The molecule has 1 saturated carbocycles. The van der Waals surface area contributed by atoms with Crippen LogP contribution in [0.2, 0.25) is 0 Å². The fourth-order valence-electron chi connectivity index (χ4n) is 1.90. The second-order valence-corrected chi connectivity index (χ2v) is 4.46. The Morgan fingerprint density at radius 1 is 1.25 bits per heavy atom. The summed E-state index contributed by atoms with van der Waals surface area (Å²) >= 11 is 0. The average Bonchev–Trinajstić information content (AvgIpc) is 3.06. The van der Waals surface area contributed by atoms with Crippen LogP contribution in [0.1, 0.15) is 30.1 Å². The van der Waals surface area contributed by atoms with Gasteiger partial charge in [-0.2, -0.15) is 0 Å². The normalized spacial score (nSPS) is 19.4. The first-order chi connectivity index (χ1) is 7.69. The van der Waals surface area contributed by atoms with E-state index in [1.54, 1.807) is 14.2 Å². The molecule has 1 fully saturated rings. The van der Waals surface area contributed by atoms with Crippen LogP contribution in [0, 0.1) is 0 Å². The number of rotatable bonds is 5. The molecule has 1 aliphatic carbocycles. The third kappa shape index (κ3) is 2.26. The van der Waals surface area contributed by atoms with E-state index in [0.717, 1.165) is 18.4 Å². The van der Waals surface area contributed by atoms with Crippen LogP contribution in [-0.2, 0) is 15.0 Å². The minimum Gasteiger partial charge on any atom is -0.382 e. The molecule has 0 amide bonds. The Kier molecular flexibility index (Phi) is 3.28. The second kappa shape index (κ2) is 4.53. The number of hydrogen-bond donors (Lipinski definition) is 1. The number of hydrogen-bond acceptors (Lipinski definition) is 3. The van der Waals surface area contributed by atoms with Crippen molar-refractivity contribution in [2.45, 2.75) is 24.5 Å². The predicted octanol–water partition coefficient (Wildman–Crippen LogP) is 1.97. The molecule has 2 N–H and O–H groups in total. The van der Waals surface area contributed by atoms with Crippen LogP contribution < -0.4 is 5.73 Å². The Labute approximate surface area is 96.5 Å². The first kappa shape index (κ1) is 11.6. The standard InChI is InChI=1S/C13H19NO2/c1-15-9-12(16-2)10-3-5-11(6-4-10)13(14)7-8-13/h3-6,12H,7-9,14H2,1-2H3. The summed E-state index contributed by atoms with van der Waals surface area (Å²) in [4.78, 5) is 0. The highest BCUT2D eigenvalue weighted by molar-refractivity contribution is 5.33. The van der Waals surface area contributed by atoms with Gasteiger partial charge in [-0.15, -0.1) is 0 Å². The van der Waals surface area contributed by atoms with Crippen LogP contribution in [0.25, 0.3) is 0 Å². The molecule has 1 unspecified atom stereocenters. The SMILES string of the molecule is COCC(OC)c1ccc(C2(N)CC2)cc1. The minimum atomic E-state index is -0.0532. The van der Waals surface area contributed by atoms with Crippen molar-refractivity contribution in [3.05, 3.63) is 35.4 Å². The maximum Gasteiger partial charge on any atom is 0.105 e. The van der Waals surface area contributed by atoms with Crippen molar-refractivity contribution < 1.29 is 9.47 Å². The molecular weight excluding hydrogens is 202 g/mol. The van der Waals surface area contributed by atoms with E-state index in [1.807, 2.05) is 0 Å². The highest BCUT2D eigenvalue weighted by Crippen LogP contribution is 2.42. The predicted molar refractivity (Wildman–Crippen MR) is 63.2 cm³/mol. The van der Waals surface area contributed by atoms with E-state index >= 15 is 0 Å². The number of nitrogens with two attached hydrogens (primary N) is 1. The average molecular weight is 221 g/mol. The fourth-order valence-corrected chi connectivity index (χ4v) is 1.90. The third-order valence-electron chi connectivity index (χ3n) is 3.25. The first-order valence-corrected chi connectivity index (χ1v) is 5.60. The maximum atomic E-state index is 6.13. The Morgan fingerprint density at radius 3 is 2.31 bits per heavy atom. The van der Waals surface area contributed by atoms with E-state index < -0.39 is 0 Å². The molecule has 0 aromatic heterocycles. The molecule has 3 heteroatoms. The summed E-state index contributed by atoms with van der Waals surface area (Å²) in [5, 5.41) is 0. The first-order valence-electron chi connectivity index (χ1n) is 5.60. The maximum absolute atomic E-state index is 6.13. The van der Waals surface area contributed by atoms with Gasteiger partial charge in [0.25, 0.3) is 0 Å². The van der Waals surface area contributed by atoms with E-state index in [1.165, 1.54) is 5.56 Å². The van der Waals surface area contributed by atoms with Crippen molar-refractivity contribution in [1.29, 1.82) is 0 Å². The Morgan fingerprint density at radius 2 is 1.88 bits per heavy atom. The molecule has 1 aromatic carbocycles. The smallest absolute Gasteiger partial charge is 0.105 e. The summed E-state index contributed by atoms with van der Waals surface area (Å²) in [6.07, 6.45) is 2.20. The van der Waals surface area contributed by atoms with Gasteiger partial charge in [-0.05, 0) is 24.0 Å². The van der Waals surface area contributed by atoms with Crippen LogP contribution in [0.5, 0.6) is 0 Å². The van der Waals surface area contributed by atoms with Gasteiger partial charge in [0.2, 0.25) is 0 Å². The summed E-state index contributed by atoms with van der Waals surface area (Å²) in [6.45, 7) is 0.573. The lowest BCUT2D eigenvalue weighted by Gasteiger charge is -2.16. The van der Waals surface area contributed by atoms with Crippen LogP contribution in [0.3, 0.4) is 0 Å².